The Morgan fingerprint density at radius 3 is 2.88 bits per heavy atom. The lowest BCUT2D eigenvalue weighted by Gasteiger charge is -2.08. The zero-order chi connectivity index (χ0) is 17.5. The Labute approximate surface area is 153 Å². The summed E-state index contributed by atoms with van der Waals surface area (Å²) < 4.78 is 11.7. The summed E-state index contributed by atoms with van der Waals surface area (Å²) in [5.74, 6) is 1.13. The molecule has 3 aromatic rings. The summed E-state index contributed by atoms with van der Waals surface area (Å²) in [7, 11) is 0. The molecule has 0 atom stereocenters. The first-order chi connectivity index (χ1) is 12.2. The van der Waals surface area contributed by atoms with Crippen LogP contribution in [0.1, 0.15) is 12.8 Å². The number of benzene rings is 2. The van der Waals surface area contributed by atoms with Crippen molar-refractivity contribution in [1.29, 1.82) is 0 Å². The van der Waals surface area contributed by atoms with Crippen LogP contribution in [0.4, 0.5) is 5.69 Å². The Morgan fingerprint density at radius 2 is 2.08 bits per heavy atom. The molecule has 25 heavy (non-hydrogen) atoms. The molecule has 1 aromatic heterocycles. The Bertz CT molecular complexity index is 837. The Balaban J connectivity index is 1.46. The van der Waals surface area contributed by atoms with E-state index in [4.69, 9.17) is 9.15 Å². The van der Waals surface area contributed by atoms with Crippen molar-refractivity contribution in [2.75, 3.05) is 11.9 Å². The third kappa shape index (κ3) is 5.15. The molecule has 0 saturated heterocycles. The van der Waals surface area contributed by atoms with Gasteiger partial charge in [0.2, 0.25) is 18.2 Å². The number of hydrogen-bond donors (Lipinski definition) is 1. The van der Waals surface area contributed by atoms with E-state index in [1.165, 1.54) is 6.39 Å². The van der Waals surface area contributed by atoms with Crippen molar-refractivity contribution >= 4 is 27.5 Å². The zero-order valence-electron chi connectivity index (χ0n) is 13.3. The molecule has 3 rings (SSSR count). The minimum Gasteiger partial charge on any atom is -0.494 e. The van der Waals surface area contributed by atoms with Gasteiger partial charge in [0.25, 0.3) is 0 Å². The highest BCUT2D eigenvalue weighted by atomic mass is 79.9. The van der Waals surface area contributed by atoms with E-state index in [1.807, 2.05) is 42.5 Å². The number of aromatic nitrogens is 2. The summed E-state index contributed by atoms with van der Waals surface area (Å²) >= 11 is 3.39. The monoisotopic (exact) mass is 401 g/mol. The Morgan fingerprint density at radius 1 is 1.20 bits per heavy atom. The van der Waals surface area contributed by atoms with Crippen LogP contribution in [0, 0.1) is 0 Å². The molecular weight excluding hydrogens is 386 g/mol. The summed E-state index contributed by atoms with van der Waals surface area (Å²) in [6, 6.07) is 14.9. The van der Waals surface area contributed by atoms with Gasteiger partial charge in [-0.3, -0.25) is 4.79 Å². The molecule has 1 heterocycles. The fourth-order valence-electron chi connectivity index (χ4n) is 2.23. The molecule has 6 nitrogen and oxygen atoms in total. The summed E-state index contributed by atoms with van der Waals surface area (Å²) in [4.78, 5) is 12.1. The number of ether oxygens (including phenoxy) is 1. The van der Waals surface area contributed by atoms with Gasteiger partial charge in [0.1, 0.15) is 5.75 Å². The molecule has 1 N–H and O–H groups in total. The second kappa shape index (κ2) is 8.43. The van der Waals surface area contributed by atoms with Crippen LogP contribution in [0.3, 0.4) is 0 Å². The fourth-order valence-corrected chi connectivity index (χ4v) is 2.61. The van der Waals surface area contributed by atoms with Gasteiger partial charge in [-0.2, -0.15) is 0 Å². The van der Waals surface area contributed by atoms with Crippen LogP contribution in [-0.4, -0.2) is 22.7 Å². The molecule has 0 aliphatic carbocycles. The number of hydrogen-bond acceptors (Lipinski definition) is 5. The van der Waals surface area contributed by atoms with E-state index in [0.29, 0.717) is 31.0 Å². The van der Waals surface area contributed by atoms with Gasteiger partial charge in [0.05, 0.1) is 6.61 Å². The van der Waals surface area contributed by atoms with Crippen molar-refractivity contribution in [3.8, 4) is 17.2 Å². The van der Waals surface area contributed by atoms with Crippen LogP contribution in [-0.2, 0) is 4.79 Å². The molecule has 0 spiro atoms. The van der Waals surface area contributed by atoms with Crippen molar-refractivity contribution in [1.82, 2.24) is 10.2 Å². The molecule has 128 valence electrons. The first-order valence-electron chi connectivity index (χ1n) is 7.75. The molecule has 2 aromatic carbocycles. The minimum atomic E-state index is -0.0690. The quantitative estimate of drug-likeness (QED) is 0.597. The third-order valence-corrected chi connectivity index (χ3v) is 3.86. The molecule has 0 unspecified atom stereocenters. The molecule has 1 amide bonds. The lowest BCUT2D eigenvalue weighted by atomic mass is 10.2. The van der Waals surface area contributed by atoms with Crippen molar-refractivity contribution in [3.63, 3.8) is 0 Å². The molecule has 0 bridgehead atoms. The molecule has 0 saturated carbocycles. The van der Waals surface area contributed by atoms with E-state index in [1.54, 1.807) is 6.07 Å². The predicted octanol–water partition coefficient (Wildman–Crippen LogP) is 4.30. The van der Waals surface area contributed by atoms with Gasteiger partial charge in [-0.05, 0) is 42.8 Å². The summed E-state index contributed by atoms with van der Waals surface area (Å²) in [6.07, 6.45) is 2.27. The SMILES string of the molecule is O=C(CCCOc1cccc(Br)c1)Nc1cccc(-c2nnco2)c1. The van der Waals surface area contributed by atoms with Crippen molar-refractivity contribution < 1.29 is 13.9 Å². The van der Waals surface area contributed by atoms with Gasteiger partial charge in [0, 0.05) is 22.1 Å². The smallest absolute Gasteiger partial charge is 0.247 e. The molecule has 0 aliphatic heterocycles. The van der Waals surface area contributed by atoms with Crippen molar-refractivity contribution in [2.45, 2.75) is 12.8 Å². The van der Waals surface area contributed by atoms with Gasteiger partial charge < -0.3 is 14.5 Å². The van der Waals surface area contributed by atoms with Gasteiger partial charge in [-0.25, -0.2) is 0 Å². The third-order valence-electron chi connectivity index (χ3n) is 3.37. The standard InChI is InChI=1S/C18H16BrN3O3/c19-14-5-2-7-16(11-14)24-9-3-8-17(23)21-15-6-1-4-13(10-15)18-22-20-12-25-18/h1-2,4-7,10-12H,3,8-9H2,(H,21,23). The average molecular weight is 402 g/mol. The van der Waals surface area contributed by atoms with Crippen LogP contribution in [0.25, 0.3) is 11.5 Å². The molecule has 0 radical (unpaired) electrons. The normalized spacial score (nSPS) is 10.4. The number of nitrogens with one attached hydrogen (secondary N) is 1. The van der Waals surface area contributed by atoms with Crippen LogP contribution in [0.5, 0.6) is 5.75 Å². The van der Waals surface area contributed by atoms with Crippen molar-refractivity contribution in [3.05, 3.63) is 59.4 Å². The minimum absolute atomic E-state index is 0.0690. The maximum Gasteiger partial charge on any atom is 0.247 e. The van der Waals surface area contributed by atoms with Gasteiger partial charge in [-0.15, -0.1) is 10.2 Å². The largest absolute Gasteiger partial charge is 0.494 e. The number of carbonyl (C=O) groups is 1. The number of amides is 1. The van der Waals surface area contributed by atoms with Crippen LogP contribution < -0.4 is 10.1 Å². The molecule has 7 heteroatoms. The first kappa shape index (κ1) is 17.2. The second-order valence-corrected chi connectivity index (χ2v) is 6.20. The van der Waals surface area contributed by atoms with E-state index < -0.39 is 0 Å². The van der Waals surface area contributed by atoms with Gasteiger partial charge >= 0.3 is 0 Å². The van der Waals surface area contributed by atoms with Gasteiger partial charge in [0.15, 0.2) is 0 Å². The molecule has 0 fully saturated rings. The highest BCUT2D eigenvalue weighted by Gasteiger charge is 2.07. The predicted molar refractivity (Wildman–Crippen MR) is 97.2 cm³/mol. The maximum atomic E-state index is 12.1. The molecule has 0 aliphatic rings. The van der Waals surface area contributed by atoms with Gasteiger partial charge in [-0.1, -0.05) is 28.1 Å². The fraction of sp³-hybridized carbons (Fsp3) is 0.167. The highest BCUT2D eigenvalue weighted by molar-refractivity contribution is 9.10. The lowest BCUT2D eigenvalue weighted by Crippen LogP contribution is -2.12. The Hall–Kier alpha value is -2.67. The topological polar surface area (TPSA) is 77.2 Å². The second-order valence-electron chi connectivity index (χ2n) is 5.28. The Kier molecular flexibility index (Phi) is 5.79. The maximum absolute atomic E-state index is 12.1. The lowest BCUT2D eigenvalue weighted by molar-refractivity contribution is -0.116. The number of halogens is 1. The average Bonchev–Trinajstić information content (AvgIpc) is 3.14. The summed E-state index contributed by atoms with van der Waals surface area (Å²) in [5, 5.41) is 10.4. The van der Waals surface area contributed by atoms with Crippen molar-refractivity contribution in [2.24, 2.45) is 0 Å². The highest BCUT2D eigenvalue weighted by Crippen LogP contribution is 2.21. The van der Waals surface area contributed by atoms with E-state index in [2.05, 4.69) is 31.4 Å². The number of carbonyl (C=O) groups excluding carboxylic acids is 1. The number of anilines is 1. The number of nitrogens with zero attached hydrogens (tertiary/aromatic N) is 2. The summed E-state index contributed by atoms with van der Waals surface area (Å²) in [6.45, 7) is 0.478. The van der Waals surface area contributed by atoms with E-state index in [0.717, 1.165) is 15.8 Å². The van der Waals surface area contributed by atoms with E-state index in [9.17, 15) is 4.79 Å². The zero-order valence-corrected chi connectivity index (χ0v) is 14.9. The van der Waals surface area contributed by atoms with Crippen LogP contribution >= 0.6 is 15.9 Å². The van der Waals surface area contributed by atoms with Crippen LogP contribution in [0.15, 0.2) is 63.8 Å². The molecular formula is C18H16BrN3O3. The summed E-state index contributed by atoms with van der Waals surface area (Å²) in [5.41, 5.74) is 1.45. The van der Waals surface area contributed by atoms with E-state index in [-0.39, 0.29) is 5.91 Å². The van der Waals surface area contributed by atoms with E-state index >= 15 is 0 Å². The first-order valence-corrected chi connectivity index (χ1v) is 8.55. The van der Waals surface area contributed by atoms with Crippen LogP contribution in [0.2, 0.25) is 0 Å². The number of rotatable bonds is 7.